The number of benzene rings is 2. The van der Waals surface area contributed by atoms with E-state index in [1.807, 2.05) is 54.7 Å². The number of rotatable bonds is 1. The standard InChI is InChI=1S/C17H11N3O/c21-17-15-6-2-1-5-14(15)16(19-20-17)13-7-3-4-11-10-18-9-8-12(11)13/h1-10H,(H,20,21). The second-order valence-electron chi connectivity index (χ2n) is 4.85. The molecule has 0 bridgehead atoms. The van der Waals surface area contributed by atoms with Gasteiger partial charge in [0.1, 0.15) is 0 Å². The molecule has 4 rings (SSSR count). The van der Waals surface area contributed by atoms with Crippen LogP contribution in [0.2, 0.25) is 0 Å². The molecule has 0 saturated carbocycles. The van der Waals surface area contributed by atoms with Crippen LogP contribution >= 0.6 is 0 Å². The predicted octanol–water partition coefficient (Wildman–Crippen LogP) is 3.14. The fourth-order valence-corrected chi connectivity index (χ4v) is 2.65. The van der Waals surface area contributed by atoms with E-state index in [1.54, 1.807) is 6.20 Å². The van der Waals surface area contributed by atoms with Gasteiger partial charge in [0.25, 0.3) is 5.56 Å². The Morgan fingerprint density at radius 2 is 1.71 bits per heavy atom. The first-order chi connectivity index (χ1) is 10.3. The lowest BCUT2D eigenvalue weighted by Gasteiger charge is -2.08. The van der Waals surface area contributed by atoms with E-state index in [1.165, 1.54) is 0 Å². The Morgan fingerprint density at radius 3 is 2.62 bits per heavy atom. The zero-order chi connectivity index (χ0) is 14.2. The van der Waals surface area contributed by atoms with Crippen molar-refractivity contribution < 1.29 is 0 Å². The van der Waals surface area contributed by atoms with Gasteiger partial charge in [-0.2, -0.15) is 5.10 Å². The van der Waals surface area contributed by atoms with Crippen molar-refractivity contribution in [3.8, 4) is 11.3 Å². The van der Waals surface area contributed by atoms with Crippen LogP contribution in [0.25, 0.3) is 32.8 Å². The minimum absolute atomic E-state index is 0.170. The monoisotopic (exact) mass is 273 g/mol. The summed E-state index contributed by atoms with van der Waals surface area (Å²) in [6.45, 7) is 0. The maximum atomic E-state index is 11.9. The summed E-state index contributed by atoms with van der Waals surface area (Å²) in [7, 11) is 0. The number of aromatic amines is 1. The summed E-state index contributed by atoms with van der Waals surface area (Å²) in [6.07, 6.45) is 3.59. The number of fused-ring (bicyclic) bond motifs is 2. The first-order valence-electron chi connectivity index (χ1n) is 6.65. The van der Waals surface area contributed by atoms with Crippen LogP contribution in [0.15, 0.2) is 65.7 Å². The molecular weight excluding hydrogens is 262 g/mol. The molecule has 0 aliphatic carbocycles. The highest BCUT2D eigenvalue weighted by molar-refractivity contribution is 6.03. The average Bonchev–Trinajstić information content (AvgIpc) is 2.55. The molecule has 4 nitrogen and oxygen atoms in total. The summed E-state index contributed by atoms with van der Waals surface area (Å²) in [5, 5.41) is 10.5. The van der Waals surface area contributed by atoms with Crippen LogP contribution in [0.4, 0.5) is 0 Å². The van der Waals surface area contributed by atoms with Crippen molar-refractivity contribution in [3.05, 3.63) is 71.3 Å². The Labute approximate surface area is 120 Å². The predicted molar refractivity (Wildman–Crippen MR) is 83.1 cm³/mol. The van der Waals surface area contributed by atoms with Crippen molar-refractivity contribution in [1.29, 1.82) is 0 Å². The molecule has 0 amide bonds. The Hall–Kier alpha value is -3.01. The summed E-state index contributed by atoms with van der Waals surface area (Å²) >= 11 is 0. The van der Waals surface area contributed by atoms with Gasteiger partial charge >= 0.3 is 0 Å². The molecule has 0 fully saturated rings. The highest BCUT2D eigenvalue weighted by Gasteiger charge is 2.10. The summed E-state index contributed by atoms with van der Waals surface area (Å²) in [5.41, 5.74) is 1.60. The van der Waals surface area contributed by atoms with E-state index in [2.05, 4.69) is 15.2 Å². The lowest BCUT2D eigenvalue weighted by atomic mass is 10.00. The molecular formula is C17H11N3O. The average molecular weight is 273 g/mol. The molecule has 4 aromatic rings. The molecule has 4 heteroatoms. The van der Waals surface area contributed by atoms with E-state index >= 15 is 0 Å². The number of nitrogens with zero attached hydrogens (tertiary/aromatic N) is 2. The van der Waals surface area contributed by atoms with Crippen LogP contribution in [-0.4, -0.2) is 15.2 Å². The third kappa shape index (κ3) is 1.80. The summed E-state index contributed by atoms with van der Waals surface area (Å²) in [6, 6.07) is 15.5. The third-order valence-corrected chi connectivity index (χ3v) is 3.63. The lowest BCUT2D eigenvalue weighted by molar-refractivity contribution is 1.02. The number of hydrogen-bond acceptors (Lipinski definition) is 3. The molecule has 0 aliphatic rings. The first kappa shape index (κ1) is 11.8. The van der Waals surface area contributed by atoms with Crippen molar-refractivity contribution >= 4 is 21.5 Å². The van der Waals surface area contributed by atoms with Crippen molar-refractivity contribution in [2.75, 3.05) is 0 Å². The molecule has 2 aromatic carbocycles. The number of hydrogen-bond donors (Lipinski definition) is 1. The second kappa shape index (κ2) is 4.52. The van der Waals surface area contributed by atoms with Gasteiger partial charge in [-0.1, -0.05) is 36.4 Å². The molecule has 2 heterocycles. The van der Waals surface area contributed by atoms with Crippen molar-refractivity contribution in [3.63, 3.8) is 0 Å². The van der Waals surface area contributed by atoms with E-state index in [0.29, 0.717) is 5.39 Å². The SMILES string of the molecule is O=c1[nH]nc(-c2cccc3cnccc23)c2ccccc12. The molecule has 0 unspecified atom stereocenters. The zero-order valence-corrected chi connectivity index (χ0v) is 11.1. The van der Waals surface area contributed by atoms with Gasteiger partial charge < -0.3 is 0 Å². The van der Waals surface area contributed by atoms with Crippen molar-refractivity contribution in [2.45, 2.75) is 0 Å². The van der Waals surface area contributed by atoms with Crippen LogP contribution in [0.1, 0.15) is 0 Å². The Balaban J connectivity index is 2.15. The van der Waals surface area contributed by atoms with Crippen molar-refractivity contribution in [1.82, 2.24) is 15.2 Å². The van der Waals surface area contributed by atoms with Gasteiger partial charge in [-0.3, -0.25) is 9.78 Å². The number of nitrogens with one attached hydrogen (secondary N) is 1. The van der Waals surface area contributed by atoms with Gasteiger partial charge in [0.05, 0.1) is 11.1 Å². The normalized spacial score (nSPS) is 11.0. The van der Waals surface area contributed by atoms with Crippen LogP contribution < -0.4 is 5.56 Å². The minimum atomic E-state index is -0.170. The van der Waals surface area contributed by atoms with E-state index in [0.717, 1.165) is 27.4 Å². The Bertz CT molecular complexity index is 1020. The third-order valence-electron chi connectivity index (χ3n) is 3.63. The topological polar surface area (TPSA) is 58.6 Å². The Morgan fingerprint density at radius 1 is 0.857 bits per heavy atom. The van der Waals surface area contributed by atoms with Gasteiger partial charge in [-0.05, 0) is 17.5 Å². The molecule has 2 aromatic heterocycles. The first-order valence-corrected chi connectivity index (χ1v) is 6.65. The largest absolute Gasteiger partial charge is 0.272 e. The zero-order valence-electron chi connectivity index (χ0n) is 11.1. The summed E-state index contributed by atoms with van der Waals surface area (Å²) in [4.78, 5) is 16.0. The maximum absolute atomic E-state index is 11.9. The van der Waals surface area contributed by atoms with Crippen LogP contribution in [-0.2, 0) is 0 Å². The number of pyridine rings is 1. The molecule has 1 N–H and O–H groups in total. The summed E-state index contributed by atoms with van der Waals surface area (Å²) in [5.74, 6) is 0. The van der Waals surface area contributed by atoms with E-state index in [4.69, 9.17) is 0 Å². The molecule has 21 heavy (non-hydrogen) atoms. The van der Waals surface area contributed by atoms with Gasteiger partial charge in [-0.25, -0.2) is 5.10 Å². The smallest absolute Gasteiger partial charge is 0.267 e. The molecule has 0 radical (unpaired) electrons. The van der Waals surface area contributed by atoms with E-state index < -0.39 is 0 Å². The maximum Gasteiger partial charge on any atom is 0.272 e. The molecule has 100 valence electrons. The number of H-pyrrole nitrogens is 1. The van der Waals surface area contributed by atoms with Gasteiger partial charge in [-0.15, -0.1) is 0 Å². The Kier molecular flexibility index (Phi) is 2.54. The van der Waals surface area contributed by atoms with E-state index in [-0.39, 0.29) is 5.56 Å². The molecule has 0 spiro atoms. The molecule has 0 atom stereocenters. The van der Waals surface area contributed by atoms with Gasteiger partial charge in [0.15, 0.2) is 0 Å². The highest BCUT2D eigenvalue weighted by Crippen LogP contribution is 2.30. The summed E-state index contributed by atoms with van der Waals surface area (Å²) < 4.78 is 0. The lowest BCUT2D eigenvalue weighted by Crippen LogP contribution is -2.09. The highest BCUT2D eigenvalue weighted by atomic mass is 16.1. The molecule has 0 saturated heterocycles. The fraction of sp³-hybridized carbons (Fsp3) is 0. The van der Waals surface area contributed by atoms with Gasteiger partial charge in [0, 0.05) is 28.7 Å². The minimum Gasteiger partial charge on any atom is -0.267 e. The second-order valence-corrected chi connectivity index (χ2v) is 4.85. The fourth-order valence-electron chi connectivity index (χ4n) is 2.65. The van der Waals surface area contributed by atoms with Crippen LogP contribution in [0.5, 0.6) is 0 Å². The van der Waals surface area contributed by atoms with Gasteiger partial charge in [0.2, 0.25) is 0 Å². The van der Waals surface area contributed by atoms with Crippen molar-refractivity contribution in [2.24, 2.45) is 0 Å². The quantitative estimate of drug-likeness (QED) is 0.579. The molecule has 0 aliphatic heterocycles. The number of aromatic nitrogens is 3. The van der Waals surface area contributed by atoms with E-state index in [9.17, 15) is 4.79 Å². The van der Waals surface area contributed by atoms with Crippen LogP contribution in [0.3, 0.4) is 0 Å². The van der Waals surface area contributed by atoms with Crippen LogP contribution in [0, 0.1) is 0 Å².